The topological polar surface area (TPSA) is 72.5 Å². The Morgan fingerprint density at radius 2 is 1.84 bits per heavy atom. The van der Waals surface area contributed by atoms with Gasteiger partial charge in [0.1, 0.15) is 0 Å². The van der Waals surface area contributed by atoms with E-state index in [4.69, 9.17) is 4.99 Å². The Morgan fingerprint density at radius 1 is 1.03 bits per heavy atom. The second-order valence-corrected chi connectivity index (χ2v) is 8.09. The van der Waals surface area contributed by atoms with E-state index in [1.807, 2.05) is 18.2 Å². The first-order valence-electron chi connectivity index (χ1n) is 11.4. The molecule has 6 nitrogen and oxygen atoms in total. The molecule has 0 saturated carbocycles. The first-order chi connectivity index (χ1) is 15.5. The highest BCUT2D eigenvalue weighted by molar-refractivity contribution is 5.94. The van der Waals surface area contributed by atoms with Gasteiger partial charge in [-0.3, -0.25) is 9.79 Å². The van der Waals surface area contributed by atoms with Gasteiger partial charge in [0.05, 0.1) is 0 Å². The van der Waals surface area contributed by atoms with Gasteiger partial charge in [-0.25, -0.2) is 0 Å². The quantitative estimate of drug-likeness (QED) is 0.355. The van der Waals surface area contributed by atoms with Gasteiger partial charge in [-0.05, 0) is 55.0 Å². The first-order valence-corrected chi connectivity index (χ1v) is 11.4. The molecule has 0 bridgehead atoms. The van der Waals surface area contributed by atoms with Crippen LogP contribution in [0.15, 0.2) is 53.7 Å². The summed E-state index contributed by atoms with van der Waals surface area (Å²) >= 11 is 0. The summed E-state index contributed by atoms with van der Waals surface area (Å²) in [5.41, 5.74) is 5.75. The number of guanidine groups is 1. The zero-order valence-electron chi connectivity index (χ0n) is 19.7. The minimum atomic E-state index is 0.0260. The van der Waals surface area contributed by atoms with E-state index in [1.54, 1.807) is 19.0 Å². The Morgan fingerprint density at radius 3 is 2.59 bits per heavy atom. The number of aromatic nitrogens is 1. The van der Waals surface area contributed by atoms with E-state index in [1.165, 1.54) is 22.0 Å². The van der Waals surface area contributed by atoms with E-state index in [0.717, 1.165) is 49.4 Å². The lowest BCUT2D eigenvalue weighted by Gasteiger charge is -2.13. The molecule has 0 fully saturated rings. The maximum Gasteiger partial charge on any atom is 0.253 e. The molecule has 0 aliphatic heterocycles. The number of aromatic amines is 1. The van der Waals surface area contributed by atoms with Gasteiger partial charge in [0.25, 0.3) is 5.91 Å². The van der Waals surface area contributed by atoms with Crippen molar-refractivity contribution in [2.45, 2.75) is 33.1 Å². The highest BCUT2D eigenvalue weighted by Gasteiger charge is 2.09. The molecule has 3 rings (SSSR count). The number of carbonyl (C=O) groups is 1. The van der Waals surface area contributed by atoms with Crippen molar-refractivity contribution < 1.29 is 4.79 Å². The fourth-order valence-electron chi connectivity index (χ4n) is 3.85. The van der Waals surface area contributed by atoms with Gasteiger partial charge in [-0.15, -0.1) is 0 Å². The number of nitrogens with zero attached hydrogens (tertiary/aromatic N) is 2. The summed E-state index contributed by atoms with van der Waals surface area (Å²) in [6.07, 6.45) is 4.84. The van der Waals surface area contributed by atoms with Crippen LogP contribution in [0.2, 0.25) is 0 Å². The highest BCUT2D eigenvalue weighted by atomic mass is 16.2. The number of aliphatic imine (C=N–C) groups is 1. The summed E-state index contributed by atoms with van der Waals surface area (Å²) in [5, 5.41) is 8.03. The summed E-state index contributed by atoms with van der Waals surface area (Å²) < 4.78 is 0. The number of para-hydroxylation sites is 1. The van der Waals surface area contributed by atoms with Crippen LogP contribution in [0.5, 0.6) is 0 Å². The van der Waals surface area contributed by atoms with Crippen molar-refractivity contribution in [2.24, 2.45) is 4.99 Å². The molecule has 0 atom stereocenters. The van der Waals surface area contributed by atoms with Gasteiger partial charge in [-0.2, -0.15) is 0 Å². The van der Waals surface area contributed by atoms with Crippen molar-refractivity contribution >= 4 is 22.8 Å². The van der Waals surface area contributed by atoms with Crippen LogP contribution < -0.4 is 10.6 Å². The summed E-state index contributed by atoms with van der Waals surface area (Å²) in [6, 6.07) is 14.3. The molecular formula is C26H35N5O. The Hall–Kier alpha value is -3.28. The molecule has 3 aromatic rings. The molecule has 3 N–H and O–H groups in total. The van der Waals surface area contributed by atoms with Crippen molar-refractivity contribution in [1.29, 1.82) is 0 Å². The van der Waals surface area contributed by atoms with Crippen molar-refractivity contribution in [3.05, 3.63) is 70.9 Å². The third kappa shape index (κ3) is 5.90. The van der Waals surface area contributed by atoms with Crippen LogP contribution in [-0.2, 0) is 19.3 Å². The zero-order valence-corrected chi connectivity index (χ0v) is 19.7. The van der Waals surface area contributed by atoms with Gasteiger partial charge in [0.15, 0.2) is 5.96 Å². The molecule has 32 heavy (non-hydrogen) atoms. The summed E-state index contributed by atoms with van der Waals surface area (Å²) in [7, 11) is 3.55. The largest absolute Gasteiger partial charge is 0.361 e. The van der Waals surface area contributed by atoms with Crippen LogP contribution >= 0.6 is 0 Å². The maximum absolute atomic E-state index is 12.2. The van der Waals surface area contributed by atoms with Gasteiger partial charge in [-0.1, -0.05) is 37.3 Å². The van der Waals surface area contributed by atoms with Crippen molar-refractivity contribution in [3.63, 3.8) is 0 Å². The molecule has 0 radical (unpaired) electrons. The van der Waals surface area contributed by atoms with Gasteiger partial charge < -0.3 is 20.5 Å². The predicted molar refractivity (Wildman–Crippen MR) is 134 cm³/mol. The molecular weight excluding hydrogens is 398 g/mol. The van der Waals surface area contributed by atoms with E-state index in [9.17, 15) is 4.79 Å². The van der Waals surface area contributed by atoms with Crippen molar-refractivity contribution in [1.82, 2.24) is 20.5 Å². The number of fused-ring (bicyclic) bond motifs is 1. The second kappa shape index (κ2) is 11.4. The van der Waals surface area contributed by atoms with E-state index in [0.29, 0.717) is 6.54 Å². The van der Waals surface area contributed by atoms with Gasteiger partial charge in [0, 0.05) is 56.4 Å². The third-order valence-electron chi connectivity index (χ3n) is 5.55. The molecule has 0 saturated heterocycles. The second-order valence-electron chi connectivity index (χ2n) is 8.09. The minimum Gasteiger partial charge on any atom is -0.361 e. The standard InChI is InChI=1S/C26H35N5O/c1-5-20-10-8-12-23-22(18-30-24(20)23)14-16-29-26(27-6-2)28-15-13-19-9-7-11-21(17-19)25(32)31(3)4/h7-12,17-18,30H,5-6,13-16H2,1-4H3,(H2,27,28,29). The number of hydrogen-bond donors (Lipinski definition) is 3. The Labute approximate surface area is 191 Å². The van der Waals surface area contributed by atoms with Gasteiger partial charge in [0.2, 0.25) is 0 Å². The average Bonchev–Trinajstić information content (AvgIpc) is 3.22. The normalized spacial score (nSPS) is 11.6. The molecule has 1 aromatic heterocycles. The van der Waals surface area contributed by atoms with Crippen LogP contribution in [0.4, 0.5) is 0 Å². The summed E-state index contributed by atoms with van der Waals surface area (Å²) in [5.74, 6) is 0.847. The lowest BCUT2D eigenvalue weighted by Crippen LogP contribution is -2.38. The lowest BCUT2D eigenvalue weighted by atomic mass is 10.1. The maximum atomic E-state index is 12.2. The molecule has 170 valence electrons. The number of H-pyrrole nitrogens is 1. The molecule has 6 heteroatoms. The average molecular weight is 434 g/mol. The molecule has 0 unspecified atom stereocenters. The first kappa shape index (κ1) is 23.4. The molecule has 1 amide bonds. The summed E-state index contributed by atoms with van der Waals surface area (Å²) in [6.45, 7) is 6.53. The van der Waals surface area contributed by atoms with E-state index in [2.05, 4.69) is 59.9 Å². The fourth-order valence-corrected chi connectivity index (χ4v) is 3.85. The summed E-state index contributed by atoms with van der Waals surface area (Å²) in [4.78, 5) is 22.0. The third-order valence-corrected chi connectivity index (χ3v) is 5.55. The van der Waals surface area contributed by atoms with Crippen LogP contribution in [0.1, 0.15) is 40.9 Å². The molecule has 0 aliphatic carbocycles. The Kier molecular flexibility index (Phi) is 8.31. The fraction of sp³-hybridized carbons (Fsp3) is 0.385. The Bertz CT molecular complexity index is 1070. The predicted octanol–water partition coefficient (Wildman–Crippen LogP) is 3.77. The smallest absolute Gasteiger partial charge is 0.253 e. The van der Waals surface area contributed by atoms with Crippen LogP contribution in [0, 0.1) is 0 Å². The number of benzene rings is 2. The van der Waals surface area contributed by atoms with E-state index >= 15 is 0 Å². The molecule has 2 aromatic carbocycles. The Balaban J connectivity index is 1.57. The molecule has 0 aliphatic rings. The molecule has 0 spiro atoms. The number of aryl methyl sites for hydroxylation is 1. The minimum absolute atomic E-state index is 0.0260. The van der Waals surface area contributed by atoms with Crippen molar-refractivity contribution in [2.75, 3.05) is 33.7 Å². The molecule has 1 heterocycles. The number of nitrogens with one attached hydrogen (secondary N) is 3. The number of amides is 1. The van der Waals surface area contributed by atoms with Crippen LogP contribution in [0.3, 0.4) is 0 Å². The number of rotatable bonds is 9. The van der Waals surface area contributed by atoms with Crippen LogP contribution in [-0.4, -0.2) is 55.5 Å². The lowest BCUT2D eigenvalue weighted by molar-refractivity contribution is 0.0827. The van der Waals surface area contributed by atoms with Crippen LogP contribution in [0.25, 0.3) is 10.9 Å². The number of carbonyl (C=O) groups excluding carboxylic acids is 1. The number of hydrogen-bond acceptors (Lipinski definition) is 2. The van der Waals surface area contributed by atoms with E-state index in [-0.39, 0.29) is 5.91 Å². The van der Waals surface area contributed by atoms with E-state index < -0.39 is 0 Å². The highest BCUT2D eigenvalue weighted by Crippen LogP contribution is 2.22. The SMILES string of the molecule is CCNC(=NCCc1c[nH]c2c(CC)cccc12)NCCc1cccc(C(=O)N(C)C)c1. The zero-order chi connectivity index (χ0) is 22.9. The monoisotopic (exact) mass is 433 g/mol. The van der Waals surface area contributed by atoms with Gasteiger partial charge >= 0.3 is 0 Å². The van der Waals surface area contributed by atoms with Crippen molar-refractivity contribution in [3.8, 4) is 0 Å².